The quantitative estimate of drug-likeness (QED) is 0.507. The van der Waals surface area contributed by atoms with Crippen molar-refractivity contribution < 1.29 is 0 Å². The molecule has 4 N–H and O–H groups in total. The molecule has 6 nitrogen and oxygen atoms in total. The number of hydrogen-bond donors (Lipinski definition) is 3. The van der Waals surface area contributed by atoms with E-state index in [1.807, 2.05) is 35.7 Å². The number of nitrogens with one attached hydrogen (secondary N) is 2. The number of nitrogens with zero attached hydrogens (tertiary/aromatic N) is 3. The summed E-state index contributed by atoms with van der Waals surface area (Å²) in [4.78, 5) is 8.69. The maximum atomic E-state index is 5.44. The van der Waals surface area contributed by atoms with Crippen LogP contribution >= 0.6 is 15.9 Å². The number of nitrogens with two attached hydrogens (primary N) is 1. The van der Waals surface area contributed by atoms with Crippen molar-refractivity contribution in [2.24, 2.45) is 5.84 Å². The van der Waals surface area contributed by atoms with Crippen molar-refractivity contribution in [2.75, 3.05) is 10.7 Å². The summed E-state index contributed by atoms with van der Waals surface area (Å²) in [6.07, 6.45) is 5.34. The molecular formula is C13H13BrN6. The maximum absolute atomic E-state index is 5.44. The summed E-state index contributed by atoms with van der Waals surface area (Å²) in [7, 11) is 0. The monoisotopic (exact) mass is 332 g/mol. The first kappa shape index (κ1) is 12.9. The smallest absolute Gasteiger partial charge is 0.180 e. The van der Waals surface area contributed by atoms with Gasteiger partial charge in [0.05, 0.1) is 6.20 Å². The molecule has 0 saturated heterocycles. The van der Waals surface area contributed by atoms with E-state index in [-0.39, 0.29) is 0 Å². The van der Waals surface area contributed by atoms with Gasteiger partial charge >= 0.3 is 0 Å². The van der Waals surface area contributed by atoms with Gasteiger partial charge < -0.3 is 15.1 Å². The lowest BCUT2D eigenvalue weighted by Crippen LogP contribution is -2.11. The Morgan fingerprint density at radius 2 is 2.20 bits per heavy atom. The Kier molecular flexibility index (Phi) is 3.29. The van der Waals surface area contributed by atoms with Gasteiger partial charge in [0.1, 0.15) is 0 Å². The lowest BCUT2D eigenvalue weighted by molar-refractivity contribution is 1.11. The van der Waals surface area contributed by atoms with Crippen molar-refractivity contribution in [3.05, 3.63) is 46.8 Å². The number of fused-ring (bicyclic) bond motifs is 1. The molecule has 0 radical (unpaired) electrons. The highest BCUT2D eigenvalue weighted by Gasteiger charge is 2.08. The average molecular weight is 333 g/mol. The van der Waals surface area contributed by atoms with Crippen LogP contribution in [0.2, 0.25) is 0 Å². The summed E-state index contributed by atoms with van der Waals surface area (Å²) in [5.74, 6) is 6.64. The molecule has 2 aromatic heterocycles. The van der Waals surface area contributed by atoms with Crippen molar-refractivity contribution in [1.82, 2.24) is 14.4 Å². The molecule has 0 aliphatic carbocycles. The number of imidazole rings is 1. The Labute approximate surface area is 124 Å². The summed E-state index contributed by atoms with van der Waals surface area (Å²) < 4.78 is 2.93. The van der Waals surface area contributed by atoms with Crippen LogP contribution in [-0.4, -0.2) is 14.4 Å². The highest BCUT2D eigenvalue weighted by molar-refractivity contribution is 9.10. The number of benzene rings is 1. The molecule has 1 aromatic carbocycles. The standard InChI is InChI=1S/C13H13BrN6/c1-8-6-9(2-3-10(8)14)17-12-13-16-4-5-20(13)7-11(18-12)19-15/h2-7,19H,15H2,1H3,(H,17,18). The number of nitrogen functional groups attached to an aromatic ring is 1. The van der Waals surface area contributed by atoms with Crippen LogP contribution in [0.3, 0.4) is 0 Å². The van der Waals surface area contributed by atoms with Crippen LogP contribution in [0, 0.1) is 6.92 Å². The van der Waals surface area contributed by atoms with Crippen molar-refractivity contribution in [3.8, 4) is 0 Å². The van der Waals surface area contributed by atoms with E-state index in [2.05, 4.69) is 36.6 Å². The number of anilines is 3. The zero-order valence-electron chi connectivity index (χ0n) is 10.8. The maximum Gasteiger partial charge on any atom is 0.180 e. The molecule has 20 heavy (non-hydrogen) atoms. The van der Waals surface area contributed by atoms with Crippen molar-refractivity contribution in [3.63, 3.8) is 0 Å². The fraction of sp³-hybridized carbons (Fsp3) is 0.0769. The number of hydrogen-bond acceptors (Lipinski definition) is 5. The van der Waals surface area contributed by atoms with Gasteiger partial charge in [0.25, 0.3) is 0 Å². The molecule has 0 saturated carbocycles. The Bertz CT molecular complexity index is 767. The first-order valence-corrected chi connectivity index (χ1v) is 6.80. The Morgan fingerprint density at radius 3 is 2.95 bits per heavy atom. The first-order chi connectivity index (χ1) is 9.67. The molecule has 0 bridgehead atoms. The van der Waals surface area contributed by atoms with E-state index in [0.29, 0.717) is 11.6 Å². The molecule has 102 valence electrons. The van der Waals surface area contributed by atoms with Gasteiger partial charge in [-0.3, -0.25) is 0 Å². The normalized spacial score (nSPS) is 10.8. The van der Waals surface area contributed by atoms with E-state index in [4.69, 9.17) is 5.84 Å². The van der Waals surface area contributed by atoms with Gasteiger partial charge in [-0.15, -0.1) is 0 Å². The second kappa shape index (κ2) is 5.10. The van der Waals surface area contributed by atoms with Crippen molar-refractivity contribution in [2.45, 2.75) is 6.92 Å². The molecule has 0 aliphatic heterocycles. The van der Waals surface area contributed by atoms with E-state index in [1.54, 1.807) is 12.4 Å². The molecule has 0 fully saturated rings. The molecular weight excluding hydrogens is 320 g/mol. The third-order valence-electron chi connectivity index (χ3n) is 2.94. The summed E-state index contributed by atoms with van der Waals surface area (Å²) in [6, 6.07) is 6.00. The van der Waals surface area contributed by atoms with Crippen LogP contribution in [0.5, 0.6) is 0 Å². The summed E-state index contributed by atoms with van der Waals surface area (Å²) >= 11 is 3.48. The summed E-state index contributed by atoms with van der Waals surface area (Å²) in [5, 5.41) is 3.26. The number of hydrazine groups is 1. The van der Waals surface area contributed by atoms with Gasteiger partial charge in [0.15, 0.2) is 17.3 Å². The molecule has 0 unspecified atom stereocenters. The molecule has 0 atom stereocenters. The number of rotatable bonds is 3. The molecule has 3 aromatic rings. The van der Waals surface area contributed by atoms with Gasteiger partial charge in [0.2, 0.25) is 0 Å². The molecule has 0 spiro atoms. The Balaban J connectivity index is 2.04. The molecule has 2 heterocycles. The van der Waals surface area contributed by atoms with Crippen LogP contribution in [0.4, 0.5) is 17.3 Å². The van der Waals surface area contributed by atoms with Gasteiger partial charge in [0, 0.05) is 22.6 Å². The van der Waals surface area contributed by atoms with Crippen LogP contribution in [0.1, 0.15) is 5.56 Å². The van der Waals surface area contributed by atoms with E-state index in [1.165, 1.54) is 0 Å². The second-order valence-electron chi connectivity index (χ2n) is 4.37. The Hall–Kier alpha value is -2.12. The van der Waals surface area contributed by atoms with Crippen molar-refractivity contribution >= 4 is 38.9 Å². The third kappa shape index (κ3) is 2.33. The topological polar surface area (TPSA) is 80.3 Å². The van der Waals surface area contributed by atoms with Gasteiger partial charge in [-0.25, -0.2) is 15.8 Å². The predicted octanol–water partition coefficient (Wildman–Crippen LogP) is 2.83. The third-order valence-corrected chi connectivity index (χ3v) is 3.83. The molecule has 0 amide bonds. The zero-order valence-corrected chi connectivity index (χ0v) is 12.3. The molecule has 0 aliphatic rings. The minimum absolute atomic E-state index is 0.562. The fourth-order valence-corrected chi connectivity index (χ4v) is 2.19. The zero-order chi connectivity index (χ0) is 14.1. The average Bonchev–Trinajstić information content (AvgIpc) is 2.91. The predicted molar refractivity (Wildman–Crippen MR) is 83.0 cm³/mol. The van der Waals surface area contributed by atoms with Crippen LogP contribution in [0.15, 0.2) is 41.3 Å². The Morgan fingerprint density at radius 1 is 1.35 bits per heavy atom. The highest BCUT2D eigenvalue weighted by Crippen LogP contribution is 2.24. The number of aryl methyl sites for hydroxylation is 1. The second-order valence-corrected chi connectivity index (χ2v) is 5.22. The van der Waals surface area contributed by atoms with Crippen LogP contribution < -0.4 is 16.6 Å². The van der Waals surface area contributed by atoms with Crippen molar-refractivity contribution in [1.29, 1.82) is 0 Å². The van der Waals surface area contributed by atoms with Crippen LogP contribution in [-0.2, 0) is 0 Å². The summed E-state index contributed by atoms with van der Waals surface area (Å²) in [5.41, 5.74) is 5.37. The van der Waals surface area contributed by atoms with Gasteiger partial charge in [-0.2, -0.15) is 0 Å². The van der Waals surface area contributed by atoms with E-state index < -0.39 is 0 Å². The van der Waals surface area contributed by atoms with E-state index >= 15 is 0 Å². The number of halogens is 1. The van der Waals surface area contributed by atoms with Gasteiger partial charge in [-0.1, -0.05) is 15.9 Å². The van der Waals surface area contributed by atoms with Crippen LogP contribution in [0.25, 0.3) is 5.65 Å². The minimum atomic E-state index is 0.562. The minimum Gasteiger partial charge on any atom is -0.337 e. The van der Waals surface area contributed by atoms with E-state index in [0.717, 1.165) is 21.4 Å². The number of aromatic nitrogens is 3. The largest absolute Gasteiger partial charge is 0.337 e. The molecule has 7 heteroatoms. The fourth-order valence-electron chi connectivity index (χ4n) is 1.94. The molecule has 3 rings (SSSR count). The lowest BCUT2D eigenvalue weighted by atomic mass is 10.2. The van der Waals surface area contributed by atoms with E-state index in [9.17, 15) is 0 Å². The lowest BCUT2D eigenvalue weighted by Gasteiger charge is -2.10. The highest BCUT2D eigenvalue weighted by atomic mass is 79.9. The van der Waals surface area contributed by atoms with Gasteiger partial charge in [-0.05, 0) is 30.7 Å². The SMILES string of the molecule is Cc1cc(Nc2nc(NN)cn3ccnc23)ccc1Br. The first-order valence-electron chi connectivity index (χ1n) is 6.01. The summed E-state index contributed by atoms with van der Waals surface area (Å²) in [6.45, 7) is 2.03.